The van der Waals surface area contributed by atoms with Crippen molar-refractivity contribution in [2.24, 2.45) is 11.8 Å². The molecule has 0 heterocycles. The van der Waals surface area contributed by atoms with E-state index in [1.807, 2.05) is 0 Å². The van der Waals surface area contributed by atoms with Crippen molar-refractivity contribution in [2.75, 3.05) is 0 Å². The lowest BCUT2D eigenvalue weighted by Crippen LogP contribution is -2.32. The quantitative estimate of drug-likeness (QED) is 0.323. The predicted molar refractivity (Wildman–Crippen MR) is 99.6 cm³/mol. The number of aliphatic hydroxyl groups excluding tert-OH is 1. The van der Waals surface area contributed by atoms with Gasteiger partial charge in [0.25, 0.3) is 0 Å². The molecule has 25 heavy (non-hydrogen) atoms. The molecule has 0 aliphatic heterocycles. The Hall–Kier alpha value is -1.10. The molecule has 0 aromatic carbocycles. The third-order valence-electron chi connectivity index (χ3n) is 4.93. The Balaban J connectivity index is 4.37. The van der Waals surface area contributed by atoms with Crippen LogP contribution in [0.1, 0.15) is 97.3 Å². The van der Waals surface area contributed by atoms with Crippen LogP contribution in [0, 0.1) is 11.8 Å². The molecule has 5 heteroatoms. The van der Waals surface area contributed by atoms with Gasteiger partial charge in [0.05, 0.1) is 17.9 Å². The van der Waals surface area contributed by atoms with E-state index < -0.39 is 29.9 Å². The number of unbranched alkanes of at least 4 members (excludes halogenated alkanes) is 8. The number of hydrogen-bond donors (Lipinski definition) is 3. The van der Waals surface area contributed by atoms with Crippen molar-refractivity contribution in [3.8, 4) is 0 Å². The fourth-order valence-corrected chi connectivity index (χ4v) is 3.24. The van der Waals surface area contributed by atoms with Gasteiger partial charge in [-0.3, -0.25) is 9.59 Å². The Morgan fingerprint density at radius 3 is 1.64 bits per heavy atom. The van der Waals surface area contributed by atoms with Gasteiger partial charge in [-0.2, -0.15) is 0 Å². The van der Waals surface area contributed by atoms with Crippen LogP contribution in [-0.2, 0) is 9.59 Å². The van der Waals surface area contributed by atoms with Crippen LogP contribution in [-0.4, -0.2) is 33.4 Å². The lowest BCUT2D eigenvalue weighted by Gasteiger charge is -2.22. The number of hydrogen-bond acceptors (Lipinski definition) is 3. The molecule has 148 valence electrons. The maximum absolute atomic E-state index is 11.4. The average molecular weight is 359 g/mol. The molecule has 5 nitrogen and oxygen atoms in total. The Kier molecular flexibility index (Phi) is 14.5. The molecule has 0 aromatic rings. The maximum Gasteiger partial charge on any atom is 0.309 e. The lowest BCUT2D eigenvalue weighted by molar-refractivity contribution is -0.150. The topological polar surface area (TPSA) is 94.8 Å². The molecule has 0 amide bonds. The molecule has 0 saturated carbocycles. The highest BCUT2D eigenvalue weighted by Crippen LogP contribution is 2.24. The van der Waals surface area contributed by atoms with Crippen molar-refractivity contribution in [3.05, 3.63) is 0 Å². The molecule has 0 bridgehead atoms. The maximum atomic E-state index is 11.4. The molecule has 0 aliphatic rings. The average Bonchev–Trinajstić information content (AvgIpc) is 2.56. The van der Waals surface area contributed by atoms with Crippen LogP contribution in [0.15, 0.2) is 0 Å². The first kappa shape index (κ1) is 23.9. The van der Waals surface area contributed by atoms with E-state index in [1.54, 1.807) is 0 Å². The van der Waals surface area contributed by atoms with E-state index in [1.165, 1.54) is 0 Å². The summed E-state index contributed by atoms with van der Waals surface area (Å²) in [7, 11) is 0. The molecule has 3 unspecified atom stereocenters. The van der Waals surface area contributed by atoms with Crippen LogP contribution in [0.2, 0.25) is 0 Å². The van der Waals surface area contributed by atoms with E-state index in [0.717, 1.165) is 64.2 Å². The first-order chi connectivity index (χ1) is 11.9. The van der Waals surface area contributed by atoms with E-state index in [-0.39, 0.29) is 6.42 Å². The van der Waals surface area contributed by atoms with Gasteiger partial charge in [0.15, 0.2) is 0 Å². The molecule has 3 atom stereocenters. The number of rotatable bonds is 17. The summed E-state index contributed by atoms with van der Waals surface area (Å²) in [6.07, 6.45) is 10.2. The van der Waals surface area contributed by atoms with Crippen molar-refractivity contribution < 1.29 is 24.9 Å². The number of carboxylic acid groups (broad SMARTS) is 2. The zero-order valence-corrected chi connectivity index (χ0v) is 16.1. The monoisotopic (exact) mass is 358 g/mol. The summed E-state index contributed by atoms with van der Waals surface area (Å²) < 4.78 is 0. The van der Waals surface area contributed by atoms with Gasteiger partial charge in [0.1, 0.15) is 0 Å². The Morgan fingerprint density at radius 2 is 1.20 bits per heavy atom. The molecular weight excluding hydrogens is 320 g/mol. The van der Waals surface area contributed by atoms with Gasteiger partial charge >= 0.3 is 11.9 Å². The van der Waals surface area contributed by atoms with Crippen molar-refractivity contribution >= 4 is 11.9 Å². The summed E-state index contributed by atoms with van der Waals surface area (Å²) in [6, 6.07) is 0. The summed E-state index contributed by atoms with van der Waals surface area (Å²) in [5.41, 5.74) is 0. The summed E-state index contributed by atoms with van der Waals surface area (Å²) in [5.74, 6) is -3.46. The number of aliphatic carboxylic acids is 2. The van der Waals surface area contributed by atoms with Gasteiger partial charge in [0, 0.05) is 0 Å². The van der Waals surface area contributed by atoms with E-state index in [4.69, 9.17) is 0 Å². The first-order valence-electron chi connectivity index (χ1n) is 10.1. The minimum atomic E-state index is -1.08. The fourth-order valence-electron chi connectivity index (χ4n) is 3.24. The molecule has 3 N–H and O–H groups in total. The Labute approximate surface area is 152 Å². The third kappa shape index (κ3) is 12.0. The normalized spacial score (nSPS) is 14.8. The molecular formula is C20H38O5. The Bertz CT molecular complexity index is 356. The van der Waals surface area contributed by atoms with Gasteiger partial charge in [-0.25, -0.2) is 0 Å². The van der Waals surface area contributed by atoms with Crippen molar-refractivity contribution in [3.63, 3.8) is 0 Å². The van der Waals surface area contributed by atoms with E-state index in [0.29, 0.717) is 12.8 Å². The van der Waals surface area contributed by atoms with Crippen LogP contribution in [0.3, 0.4) is 0 Å². The van der Waals surface area contributed by atoms with Crippen molar-refractivity contribution in [1.82, 2.24) is 0 Å². The molecule has 0 saturated heterocycles. The highest BCUT2D eigenvalue weighted by Gasteiger charge is 2.30. The second kappa shape index (κ2) is 15.2. The predicted octanol–water partition coefficient (Wildman–Crippen LogP) is 4.86. The van der Waals surface area contributed by atoms with Gasteiger partial charge in [-0.1, -0.05) is 78.1 Å². The minimum absolute atomic E-state index is 0.0367. The van der Waals surface area contributed by atoms with E-state index >= 15 is 0 Å². The first-order valence-corrected chi connectivity index (χ1v) is 10.1. The molecule has 0 spiro atoms. The summed E-state index contributed by atoms with van der Waals surface area (Å²) in [5, 5.41) is 29.0. The number of carboxylic acids is 2. The molecule has 0 aromatic heterocycles. The van der Waals surface area contributed by atoms with Crippen molar-refractivity contribution in [2.45, 2.75) is 103 Å². The second-order valence-corrected chi connectivity index (χ2v) is 7.19. The summed E-state index contributed by atoms with van der Waals surface area (Å²) in [4.78, 5) is 22.9. The summed E-state index contributed by atoms with van der Waals surface area (Å²) >= 11 is 0. The van der Waals surface area contributed by atoms with Crippen LogP contribution in [0.5, 0.6) is 0 Å². The lowest BCUT2D eigenvalue weighted by atomic mass is 9.86. The Morgan fingerprint density at radius 1 is 0.720 bits per heavy atom. The third-order valence-corrected chi connectivity index (χ3v) is 4.93. The molecule has 0 radical (unpaired) electrons. The largest absolute Gasteiger partial charge is 0.481 e. The van der Waals surface area contributed by atoms with Crippen LogP contribution in [0.25, 0.3) is 0 Å². The highest BCUT2D eigenvalue weighted by atomic mass is 16.4. The minimum Gasteiger partial charge on any atom is -0.481 e. The van der Waals surface area contributed by atoms with E-state index in [9.17, 15) is 24.9 Å². The zero-order valence-electron chi connectivity index (χ0n) is 16.1. The number of aliphatic hydroxyl groups is 1. The highest BCUT2D eigenvalue weighted by molar-refractivity contribution is 5.72. The second-order valence-electron chi connectivity index (χ2n) is 7.19. The smallest absolute Gasteiger partial charge is 0.309 e. The molecule has 0 aliphatic carbocycles. The van der Waals surface area contributed by atoms with Crippen LogP contribution in [0.4, 0.5) is 0 Å². The zero-order chi connectivity index (χ0) is 19.1. The molecule has 0 fully saturated rings. The number of carbonyl (C=O) groups is 2. The summed E-state index contributed by atoms with van der Waals surface area (Å²) in [6.45, 7) is 4.25. The standard InChI is InChI=1S/C20H38O5/c1-3-5-7-9-11-13-16(19(22)23)15-18(21)17(20(24)25)14-12-10-8-6-4-2/h16-18,21H,3-15H2,1-2H3,(H,22,23)(H,24,25). The SMILES string of the molecule is CCCCCCCC(CC(O)C(CCCCCCC)C(=O)O)C(=O)O. The van der Waals surface area contributed by atoms with Gasteiger partial charge in [0.2, 0.25) is 0 Å². The van der Waals surface area contributed by atoms with Crippen molar-refractivity contribution in [1.29, 1.82) is 0 Å². The molecule has 0 rings (SSSR count). The van der Waals surface area contributed by atoms with Gasteiger partial charge in [-0.05, 0) is 19.3 Å². The van der Waals surface area contributed by atoms with E-state index in [2.05, 4.69) is 13.8 Å². The van der Waals surface area contributed by atoms with Crippen LogP contribution >= 0.6 is 0 Å². The fraction of sp³-hybridized carbons (Fsp3) is 0.900. The van der Waals surface area contributed by atoms with Crippen LogP contribution < -0.4 is 0 Å². The van der Waals surface area contributed by atoms with Gasteiger partial charge in [-0.15, -0.1) is 0 Å². The van der Waals surface area contributed by atoms with Gasteiger partial charge < -0.3 is 15.3 Å².